The molecule has 1 aromatic heterocycles. The van der Waals surface area contributed by atoms with Crippen molar-refractivity contribution < 1.29 is 19.0 Å². The van der Waals surface area contributed by atoms with E-state index < -0.39 is 0 Å². The first-order chi connectivity index (χ1) is 15.0. The molecular formula is C25H28N2O4. The van der Waals surface area contributed by atoms with Gasteiger partial charge in [0.25, 0.3) is 5.91 Å². The number of benzene rings is 2. The Hall–Kier alpha value is -3.38. The minimum absolute atomic E-state index is 0.0909. The van der Waals surface area contributed by atoms with E-state index in [0.717, 1.165) is 5.69 Å². The molecule has 0 saturated carbocycles. The molecule has 31 heavy (non-hydrogen) atoms. The van der Waals surface area contributed by atoms with Crippen molar-refractivity contribution in [2.24, 2.45) is 0 Å². The summed E-state index contributed by atoms with van der Waals surface area (Å²) < 4.78 is 16.7. The van der Waals surface area contributed by atoms with E-state index in [0.29, 0.717) is 47.2 Å². The van der Waals surface area contributed by atoms with Gasteiger partial charge in [0.05, 0.1) is 24.5 Å². The zero-order valence-electron chi connectivity index (χ0n) is 18.3. The third-order valence-electron chi connectivity index (χ3n) is 4.74. The number of ether oxygens (including phenoxy) is 3. The number of pyridine rings is 1. The van der Waals surface area contributed by atoms with Crippen LogP contribution in [0.25, 0.3) is 0 Å². The van der Waals surface area contributed by atoms with Gasteiger partial charge in [0.1, 0.15) is 5.75 Å². The lowest BCUT2D eigenvalue weighted by atomic mass is 10.1. The van der Waals surface area contributed by atoms with Crippen LogP contribution in [0.1, 0.15) is 35.6 Å². The molecular weight excluding hydrogens is 392 g/mol. The Morgan fingerprint density at radius 2 is 1.74 bits per heavy atom. The number of hydrogen-bond donors (Lipinski definition) is 1. The zero-order valence-corrected chi connectivity index (χ0v) is 18.3. The van der Waals surface area contributed by atoms with Crippen molar-refractivity contribution in [1.29, 1.82) is 0 Å². The molecule has 3 aromatic rings. The number of nitrogens with zero attached hydrogens (tertiary/aromatic N) is 1. The van der Waals surface area contributed by atoms with Gasteiger partial charge in [-0.15, -0.1) is 0 Å². The largest absolute Gasteiger partial charge is 0.493 e. The van der Waals surface area contributed by atoms with E-state index in [1.165, 1.54) is 0 Å². The molecule has 0 aliphatic heterocycles. The first-order valence-corrected chi connectivity index (χ1v) is 10.3. The molecule has 1 unspecified atom stereocenters. The number of aromatic nitrogens is 1. The number of anilines is 1. The van der Waals surface area contributed by atoms with Crippen molar-refractivity contribution in [3.8, 4) is 17.2 Å². The van der Waals surface area contributed by atoms with Crippen molar-refractivity contribution >= 4 is 11.6 Å². The Labute approximate surface area is 183 Å². The van der Waals surface area contributed by atoms with E-state index in [9.17, 15) is 4.79 Å². The minimum Gasteiger partial charge on any atom is -0.493 e. The summed E-state index contributed by atoms with van der Waals surface area (Å²) in [6, 6.07) is 18.3. The highest BCUT2D eigenvalue weighted by molar-refractivity contribution is 6.05. The highest BCUT2D eigenvalue weighted by atomic mass is 16.5. The summed E-state index contributed by atoms with van der Waals surface area (Å²) in [5.74, 6) is 1.73. The standard InChI is InChI=1S/C25H28N2O4/c1-5-30-17(2)16-20-12-15-22(18(3)26-20)25(28)27-19-10-13-21(14-11-19)31-24-9-7-6-8-23(24)29-4/h6-15,17H,5,16H2,1-4H3,(H,27,28). The van der Waals surface area contributed by atoms with Crippen molar-refractivity contribution in [1.82, 2.24) is 4.98 Å². The van der Waals surface area contributed by atoms with Gasteiger partial charge < -0.3 is 19.5 Å². The van der Waals surface area contributed by atoms with Gasteiger partial charge in [0.2, 0.25) is 0 Å². The van der Waals surface area contributed by atoms with E-state index in [2.05, 4.69) is 10.3 Å². The maximum absolute atomic E-state index is 12.7. The van der Waals surface area contributed by atoms with Crippen LogP contribution in [0.3, 0.4) is 0 Å². The fourth-order valence-electron chi connectivity index (χ4n) is 3.24. The molecule has 1 N–H and O–H groups in total. The lowest BCUT2D eigenvalue weighted by molar-refractivity contribution is 0.0761. The fraction of sp³-hybridized carbons (Fsp3) is 0.280. The maximum atomic E-state index is 12.7. The number of amides is 1. The van der Waals surface area contributed by atoms with E-state index >= 15 is 0 Å². The Kier molecular flexibility index (Phi) is 7.62. The van der Waals surface area contributed by atoms with Gasteiger partial charge in [-0.1, -0.05) is 12.1 Å². The van der Waals surface area contributed by atoms with Crippen molar-refractivity contribution in [2.75, 3.05) is 19.0 Å². The van der Waals surface area contributed by atoms with E-state index in [1.807, 2.05) is 57.2 Å². The summed E-state index contributed by atoms with van der Waals surface area (Å²) in [5, 5.41) is 2.91. The van der Waals surface area contributed by atoms with Crippen molar-refractivity contribution in [3.05, 3.63) is 77.6 Å². The summed E-state index contributed by atoms with van der Waals surface area (Å²) in [4.78, 5) is 17.3. The average Bonchev–Trinajstić information content (AvgIpc) is 2.75. The summed E-state index contributed by atoms with van der Waals surface area (Å²) in [6.45, 7) is 6.50. The van der Waals surface area contributed by atoms with Crippen molar-refractivity contribution in [3.63, 3.8) is 0 Å². The Bertz CT molecular complexity index is 1020. The number of methoxy groups -OCH3 is 1. The Balaban J connectivity index is 1.64. The molecule has 6 nitrogen and oxygen atoms in total. The molecule has 0 radical (unpaired) electrons. The van der Waals surface area contributed by atoms with Gasteiger partial charge >= 0.3 is 0 Å². The van der Waals surface area contributed by atoms with Gasteiger partial charge in [0, 0.05) is 24.4 Å². The molecule has 6 heteroatoms. The van der Waals surface area contributed by atoms with Crippen LogP contribution in [0, 0.1) is 6.92 Å². The van der Waals surface area contributed by atoms with Crippen LogP contribution < -0.4 is 14.8 Å². The lowest BCUT2D eigenvalue weighted by Crippen LogP contribution is -2.16. The number of para-hydroxylation sites is 2. The predicted octanol–water partition coefficient (Wildman–Crippen LogP) is 5.41. The van der Waals surface area contributed by atoms with E-state index in [4.69, 9.17) is 14.2 Å². The molecule has 3 rings (SSSR count). The van der Waals surface area contributed by atoms with Crippen LogP contribution in [0.15, 0.2) is 60.7 Å². The van der Waals surface area contributed by atoms with E-state index in [-0.39, 0.29) is 12.0 Å². The normalized spacial score (nSPS) is 11.6. The molecule has 0 spiro atoms. The predicted molar refractivity (Wildman–Crippen MR) is 121 cm³/mol. The highest BCUT2D eigenvalue weighted by Crippen LogP contribution is 2.31. The van der Waals surface area contributed by atoms with E-state index in [1.54, 1.807) is 31.4 Å². The summed E-state index contributed by atoms with van der Waals surface area (Å²) in [5.41, 5.74) is 2.82. The van der Waals surface area contributed by atoms with Gasteiger partial charge in [-0.05, 0) is 69.3 Å². The van der Waals surface area contributed by atoms with Crippen LogP contribution in [-0.4, -0.2) is 30.7 Å². The molecule has 1 heterocycles. The van der Waals surface area contributed by atoms with Gasteiger partial charge in [-0.3, -0.25) is 9.78 Å². The topological polar surface area (TPSA) is 69.7 Å². The maximum Gasteiger partial charge on any atom is 0.257 e. The molecule has 1 atom stereocenters. The Morgan fingerprint density at radius 1 is 1.03 bits per heavy atom. The molecule has 1 amide bonds. The molecule has 162 valence electrons. The minimum atomic E-state index is -0.201. The molecule has 2 aromatic carbocycles. The second-order valence-electron chi connectivity index (χ2n) is 7.14. The van der Waals surface area contributed by atoms with Crippen LogP contribution in [-0.2, 0) is 11.2 Å². The highest BCUT2D eigenvalue weighted by Gasteiger charge is 2.13. The average molecular weight is 421 g/mol. The Morgan fingerprint density at radius 3 is 2.39 bits per heavy atom. The van der Waals surface area contributed by atoms with Crippen LogP contribution >= 0.6 is 0 Å². The van der Waals surface area contributed by atoms with Gasteiger partial charge in [-0.25, -0.2) is 0 Å². The van der Waals surface area contributed by atoms with Crippen LogP contribution in [0.2, 0.25) is 0 Å². The molecule has 0 aliphatic rings. The molecule has 0 aliphatic carbocycles. The summed E-state index contributed by atoms with van der Waals surface area (Å²) in [6.07, 6.45) is 0.803. The molecule has 0 fully saturated rings. The SMILES string of the molecule is CCOC(C)Cc1ccc(C(=O)Nc2ccc(Oc3ccccc3OC)cc2)c(C)n1. The number of carbonyl (C=O) groups is 1. The van der Waals surface area contributed by atoms with Crippen molar-refractivity contribution in [2.45, 2.75) is 33.3 Å². The third kappa shape index (κ3) is 6.06. The second-order valence-corrected chi connectivity index (χ2v) is 7.14. The number of rotatable bonds is 9. The summed E-state index contributed by atoms with van der Waals surface area (Å²) in [7, 11) is 1.60. The number of carbonyl (C=O) groups excluding carboxylic acids is 1. The quantitative estimate of drug-likeness (QED) is 0.501. The third-order valence-corrected chi connectivity index (χ3v) is 4.74. The smallest absolute Gasteiger partial charge is 0.257 e. The molecule has 0 bridgehead atoms. The molecule has 0 saturated heterocycles. The van der Waals surface area contributed by atoms with Gasteiger partial charge in [0.15, 0.2) is 11.5 Å². The van der Waals surface area contributed by atoms with Crippen LogP contribution in [0.4, 0.5) is 5.69 Å². The zero-order chi connectivity index (χ0) is 22.2. The number of aryl methyl sites for hydroxylation is 1. The second kappa shape index (κ2) is 10.6. The number of hydrogen-bond acceptors (Lipinski definition) is 5. The lowest BCUT2D eigenvalue weighted by Gasteiger charge is -2.13. The van der Waals surface area contributed by atoms with Gasteiger partial charge in [-0.2, -0.15) is 0 Å². The monoisotopic (exact) mass is 420 g/mol. The number of nitrogens with one attached hydrogen (secondary N) is 1. The first-order valence-electron chi connectivity index (χ1n) is 10.3. The summed E-state index contributed by atoms with van der Waals surface area (Å²) >= 11 is 0. The first kappa shape index (κ1) is 22.3. The fourth-order valence-corrected chi connectivity index (χ4v) is 3.24. The van der Waals surface area contributed by atoms with Crippen LogP contribution in [0.5, 0.6) is 17.2 Å².